The van der Waals surface area contributed by atoms with Crippen molar-refractivity contribution in [1.29, 1.82) is 0 Å². The third-order valence-electron chi connectivity index (χ3n) is 4.44. The van der Waals surface area contributed by atoms with Gasteiger partial charge in [0.1, 0.15) is 6.04 Å². The molecule has 130 valence electrons. The Labute approximate surface area is 150 Å². The number of benzene rings is 1. The Morgan fingerprint density at radius 2 is 2.00 bits per heavy atom. The second-order valence-electron chi connectivity index (χ2n) is 6.17. The Bertz CT molecular complexity index is 587. The van der Waals surface area contributed by atoms with Gasteiger partial charge in [0, 0.05) is 29.9 Å². The van der Waals surface area contributed by atoms with Crippen LogP contribution in [-0.2, 0) is 9.53 Å². The summed E-state index contributed by atoms with van der Waals surface area (Å²) >= 11 is 3.37. The third-order valence-corrected chi connectivity index (χ3v) is 4.97. The summed E-state index contributed by atoms with van der Waals surface area (Å²) < 4.78 is 6.47. The Kier molecular flexibility index (Phi) is 5.73. The highest BCUT2D eigenvalue weighted by Crippen LogP contribution is 2.20. The first kappa shape index (κ1) is 17.2. The fourth-order valence-corrected chi connectivity index (χ4v) is 3.41. The van der Waals surface area contributed by atoms with Crippen LogP contribution in [-0.4, -0.2) is 48.7 Å². The largest absolute Gasteiger partial charge is 0.376 e. The average Bonchev–Trinajstić information content (AvgIpc) is 3.26. The van der Waals surface area contributed by atoms with Gasteiger partial charge in [0.15, 0.2) is 0 Å². The molecule has 2 aliphatic rings. The molecular formula is C17H22BrN3O3. The fraction of sp³-hybridized carbons (Fsp3) is 0.529. The normalized spacial score (nSPS) is 23.3. The predicted molar refractivity (Wildman–Crippen MR) is 94.9 cm³/mol. The van der Waals surface area contributed by atoms with Gasteiger partial charge in [-0.15, -0.1) is 0 Å². The Morgan fingerprint density at radius 1 is 1.21 bits per heavy atom. The first-order valence-corrected chi connectivity index (χ1v) is 9.15. The number of anilines is 1. The van der Waals surface area contributed by atoms with E-state index >= 15 is 0 Å². The number of rotatable bonds is 4. The fourth-order valence-electron chi connectivity index (χ4n) is 3.15. The van der Waals surface area contributed by atoms with Gasteiger partial charge in [0.05, 0.1) is 6.10 Å². The second-order valence-corrected chi connectivity index (χ2v) is 7.08. The van der Waals surface area contributed by atoms with Crippen LogP contribution in [0.3, 0.4) is 0 Å². The molecule has 0 aromatic heterocycles. The lowest BCUT2D eigenvalue weighted by atomic mass is 10.2. The molecule has 2 N–H and O–H groups in total. The van der Waals surface area contributed by atoms with Gasteiger partial charge in [-0.3, -0.25) is 4.79 Å². The van der Waals surface area contributed by atoms with Crippen molar-refractivity contribution in [2.24, 2.45) is 0 Å². The summed E-state index contributed by atoms with van der Waals surface area (Å²) in [6.07, 6.45) is 3.68. The van der Waals surface area contributed by atoms with Crippen molar-refractivity contribution in [3.63, 3.8) is 0 Å². The quantitative estimate of drug-likeness (QED) is 0.822. The number of urea groups is 1. The van der Waals surface area contributed by atoms with Gasteiger partial charge in [0.2, 0.25) is 5.91 Å². The number of amides is 3. The van der Waals surface area contributed by atoms with Crippen LogP contribution >= 0.6 is 15.9 Å². The third kappa shape index (κ3) is 4.27. The van der Waals surface area contributed by atoms with Crippen LogP contribution < -0.4 is 10.6 Å². The molecule has 2 aliphatic heterocycles. The molecule has 6 nitrogen and oxygen atoms in total. The predicted octanol–water partition coefficient (Wildman–Crippen LogP) is 2.74. The molecule has 0 saturated carbocycles. The average molecular weight is 396 g/mol. The summed E-state index contributed by atoms with van der Waals surface area (Å²) in [5.41, 5.74) is 0.716. The van der Waals surface area contributed by atoms with Crippen molar-refractivity contribution < 1.29 is 14.3 Å². The number of hydrogen-bond acceptors (Lipinski definition) is 3. The Balaban J connectivity index is 1.54. The number of nitrogens with zero attached hydrogens (tertiary/aromatic N) is 1. The van der Waals surface area contributed by atoms with E-state index in [4.69, 9.17) is 4.74 Å². The van der Waals surface area contributed by atoms with Crippen LogP contribution in [0, 0.1) is 0 Å². The minimum absolute atomic E-state index is 0.0889. The van der Waals surface area contributed by atoms with Gasteiger partial charge < -0.3 is 20.3 Å². The van der Waals surface area contributed by atoms with E-state index in [0.717, 1.165) is 30.3 Å². The highest BCUT2D eigenvalue weighted by Gasteiger charge is 2.34. The maximum atomic E-state index is 12.5. The van der Waals surface area contributed by atoms with E-state index in [1.807, 2.05) is 24.3 Å². The molecule has 0 spiro atoms. The van der Waals surface area contributed by atoms with Crippen LogP contribution in [0.4, 0.5) is 10.5 Å². The lowest BCUT2D eigenvalue weighted by Gasteiger charge is -2.24. The van der Waals surface area contributed by atoms with E-state index in [9.17, 15) is 9.59 Å². The molecule has 0 aliphatic carbocycles. The molecule has 2 fully saturated rings. The maximum absolute atomic E-state index is 12.5. The summed E-state index contributed by atoms with van der Waals surface area (Å²) in [6.45, 7) is 1.89. The van der Waals surface area contributed by atoms with E-state index in [1.54, 1.807) is 4.90 Å². The number of hydrogen-bond donors (Lipinski definition) is 2. The zero-order valence-electron chi connectivity index (χ0n) is 13.5. The van der Waals surface area contributed by atoms with Crippen LogP contribution in [0.25, 0.3) is 0 Å². The first-order chi connectivity index (χ1) is 11.6. The molecule has 3 amide bonds. The van der Waals surface area contributed by atoms with Crippen molar-refractivity contribution in [2.75, 3.05) is 25.0 Å². The summed E-state index contributed by atoms with van der Waals surface area (Å²) in [7, 11) is 0. The second kappa shape index (κ2) is 7.98. The van der Waals surface area contributed by atoms with Gasteiger partial charge in [-0.1, -0.05) is 15.9 Å². The smallest absolute Gasteiger partial charge is 0.322 e. The molecule has 1 aromatic rings. The van der Waals surface area contributed by atoms with Crippen molar-refractivity contribution >= 4 is 33.6 Å². The highest BCUT2D eigenvalue weighted by molar-refractivity contribution is 9.10. The van der Waals surface area contributed by atoms with E-state index in [0.29, 0.717) is 25.2 Å². The van der Waals surface area contributed by atoms with Crippen molar-refractivity contribution in [1.82, 2.24) is 10.2 Å². The van der Waals surface area contributed by atoms with Crippen molar-refractivity contribution in [3.05, 3.63) is 28.7 Å². The summed E-state index contributed by atoms with van der Waals surface area (Å²) in [5, 5.41) is 5.79. The van der Waals surface area contributed by atoms with E-state index < -0.39 is 6.04 Å². The number of carbonyl (C=O) groups excluding carboxylic acids is 2. The molecule has 3 rings (SSSR count). The monoisotopic (exact) mass is 395 g/mol. The summed E-state index contributed by atoms with van der Waals surface area (Å²) in [4.78, 5) is 26.5. The number of ether oxygens (including phenoxy) is 1. The van der Waals surface area contributed by atoms with Crippen molar-refractivity contribution in [3.8, 4) is 0 Å². The summed E-state index contributed by atoms with van der Waals surface area (Å²) in [5.74, 6) is -0.0889. The molecule has 0 bridgehead atoms. The molecule has 24 heavy (non-hydrogen) atoms. The van der Waals surface area contributed by atoms with E-state index in [-0.39, 0.29) is 18.0 Å². The summed E-state index contributed by atoms with van der Waals surface area (Å²) in [6, 6.07) is 6.75. The minimum Gasteiger partial charge on any atom is -0.376 e. The number of halogens is 1. The van der Waals surface area contributed by atoms with Gasteiger partial charge in [-0.2, -0.15) is 0 Å². The Hall–Kier alpha value is -1.60. The Morgan fingerprint density at radius 3 is 2.71 bits per heavy atom. The molecular weight excluding hydrogens is 374 g/mol. The van der Waals surface area contributed by atoms with Crippen LogP contribution in [0.2, 0.25) is 0 Å². The number of nitrogens with one attached hydrogen (secondary N) is 2. The van der Waals surface area contributed by atoms with Gasteiger partial charge in [-0.05, 0) is 49.9 Å². The SMILES string of the molecule is O=C(NCC1CCCO1)C1CCCN1C(=O)Nc1ccc(Br)cc1. The van der Waals surface area contributed by atoms with Gasteiger partial charge >= 0.3 is 6.03 Å². The van der Waals surface area contributed by atoms with Crippen LogP contribution in [0.15, 0.2) is 28.7 Å². The van der Waals surface area contributed by atoms with Crippen LogP contribution in [0.1, 0.15) is 25.7 Å². The van der Waals surface area contributed by atoms with E-state index in [2.05, 4.69) is 26.6 Å². The van der Waals surface area contributed by atoms with E-state index in [1.165, 1.54) is 0 Å². The molecule has 1 aromatic carbocycles. The molecule has 2 saturated heterocycles. The molecule has 0 radical (unpaired) electrons. The molecule has 2 heterocycles. The van der Waals surface area contributed by atoms with Crippen LogP contribution in [0.5, 0.6) is 0 Å². The standard InChI is InChI=1S/C17H22BrN3O3/c18-12-5-7-13(8-6-12)20-17(23)21-9-1-4-15(21)16(22)19-11-14-3-2-10-24-14/h5-8,14-15H,1-4,9-11H2,(H,19,22)(H,20,23). The molecule has 2 atom stereocenters. The van der Waals surface area contributed by atoms with Crippen molar-refractivity contribution in [2.45, 2.75) is 37.8 Å². The van der Waals surface area contributed by atoms with Gasteiger partial charge in [-0.25, -0.2) is 4.79 Å². The lowest BCUT2D eigenvalue weighted by Crippen LogP contribution is -2.48. The molecule has 7 heteroatoms. The zero-order chi connectivity index (χ0) is 16.9. The topological polar surface area (TPSA) is 70.7 Å². The number of carbonyl (C=O) groups is 2. The minimum atomic E-state index is -0.401. The van der Waals surface area contributed by atoms with Gasteiger partial charge in [0.25, 0.3) is 0 Å². The highest BCUT2D eigenvalue weighted by atomic mass is 79.9. The zero-order valence-corrected chi connectivity index (χ0v) is 15.0. The molecule has 2 unspecified atom stereocenters. The maximum Gasteiger partial charge on any atom is 0.322 e. The first-order valence-electron chi connectivity index (χ1n) is 8.36. The lowest BCUT2D eigenvalue weighted by molar-refractivity contribution is -0.125. The number of likely N-dealkylation sites (tertiary alicyclic amines) is 1.